The molecule has 3 aromatic rings. The van der Waals surface area contributed by atoms with E-state index in [0.717, 1.165) is 11.3 Å². The molecule has 0 aliphatic carbocycles. The van der Waals surface area contributed by atoms with Crippen LogP contribution in [0.2, 0.25) is 0 Å². The van der Waals surface area contributed by atoms with Gasteiger partial charge in [-0.2, -0.15) is 0 Å². The lowest BCUT2D eigenvalue weighted by atomic mass is 10.0. The van der Waals surface area contributed by atoms with E-state index in [-0.39, 0.29) is 28.2 Å². The number of carbonyl (C=O) groups is 1. The molecule has 138 valence electrons. The number of benzene rings is 3. The van der Waals surface area contributed by atoms with Gasteiger partial charge in [-0.05, 0) is 41.8 Å². The number of nitrogens with zero attached hydrogens (tertiary/aromatic N) is 1. The molecule has 5 heteroatoms. The number of aromatic hydroxyl groups is 2. The minimum Gasteiger partial charge on any atom is -0.507 e. The third kappa shape index (κ3) is 3.58. The van der Waals surface area contributed by atoms with Crippen LogP contribution in [0.25, 0.3) is 16.8 Å². The van der Waals surface area contributed by atoms with Crippen LogP contribution in [0.1, 0.15) is 15.9 Å². The number of anilines is 1. The minimum absolute atomic E-state index is 0.0652. The number of methoxy groups -OCH3 is 1. The number of carbonyl (C=O) groups excluding carboxylic acids is 1. The molecular weight excluding hydrogens is 342 g/mol. The molecule has 0 bridgehead atoms. The highest BCUT2D eigenvalue weighted by atomic mass is 16.5. The summed E-state index contributed by atoms with van der Waals surface area (Å²) in [6, 6.07) is 13.8. The summed E-state index contributed by atoms with van der Waals surface area (Å²) in [6.07, 6.45) is 3.03. The van der Waals surface area contributed by atoms with Gasteiger partial charge < -0.3 is 19.8 Å². The summed E-state index contributed by atoms with van der Waals surface area (Å²) < 4.78 is 5.40. The lowest BCUT2D eigenvalue weighted by molar-refractivity contribution is 0.104. The number of rotatable bonds is 5. The average Bonchev–Trinajstić information content (AvgIpc) is 2.66. The van der Waals surface area contributed by atoms with Crippen LogP contribution in [-0.4, -0.2) is 37.2 Å². The monoisotopic (exact) mass is 363 g/mol. The van der Waals surface area contributed by atoms with E-state index in [1.807, 2.05) is 37.2 Å². The molecule has 0 fully saturated rings. The van der Waals surface area contributed by atoms with Crippen molar-refractivity contribution in [3.8, 4) is 17.2 Å². The van der Waals surface area contributed by atoms with Gasteiger partial charge in [0, 0.05) is 31.4 Å². The Bertz CT molecular complexity index is 1040. The fraction of sp³-hybridized carbons (Fsp3) is 0.136. The first kappa shape index (κ1) is 18.3. The Morgan fingerprint density at radius 2 is 1.85 bits per heavy atom. The number of allylic oxidation sites excluding steroid dienone is 1. The summed E-state index contributed by atoms with van der Waals surface area (Å²) in [6.45, 7) is 0. The maximum atomic E-state index is 12.6. The highest BCUT2D eigenvalue weighted by molar-refractivity contribution is 6.12. The summed E-state index contributed by atoms with van der Waals surface area (Å²) >= 11 is 0. The van der Waals surface area contributed by atoms with Crippen molar-refractivity contribution >= 4 is 28.3 Å². The second kappa shape index (κ2) is 7.41. The van der Waals surface area contributed by atoms with Crippen molar-refractivity contribution in [3.05, 3.63) is 65.7 Å². The maximum Gasteiger partial charge on any atom is 0.189 e. The highest BCUT2D eigenvalue weighted by Gasteiger charge is 2.14. The number of ketones is 1. The van der Waals surface area contributed by atoms with E-state index in [1.54, 1.807) is 37.5 Å². The second-order valence-corrected chi connectivity index (χ2v) is 6.36. The molecule has 0 aromatic heterocycles. The lowest BCUT2D eigenvalue weighted by Crippen LogP contribution is -2.08. The van der Waals surface area contributed by atoms with Crippen LogP contribution in [0.5, 0.6) is 17.2 Å². The Kier molecular flexibility index (Phi) is 5.03. The van der Waals surface area contributed by atoms with Gasteiger partial charge in [-0.15, -0.1) is 0 Å². The average molecular weight is 363 g/mol. The molecular formula is C22H21NO4. The molecule has 5 nitrogen and oxygen atoms in total. The van der Waals surface area contributed by atoms with E-state index >= 15 is 0 Å². The number of ether oxygens (including phenoxy) is 1. The van der Waals surface area contributed by atoms with Crippen molar-refractivity contribution in [2.75, 3.05) is 26.1 Å². The van der Waals surface area contributed by atoms with E-state index in [9.17, 15) is 15.0 Å². The molecule has 0 atom stereocenters. The molecule has 0 heterocycles. The Balaban J connectivity index is 1.95. The third-order valence-electron chi connectivity index (χ3n) is 4.41. The second-order valence-electron chi connectivity index (χ2n) is 6.36. The van der Waals surface area contributed by atoms with Crippen molar-refractivity contribution in [2.24, 2.45) is 0 Å². The highest BCUT2D eigenvalue weighted by Crippen LogP contribution is 2.35. The molecule has 0 saturated heterocycles. The SMILES string of the molecule is COc1cc(N(C)C)ccc1/C=C/C(=O)c1ccc2cccc(O)c2c1O. The Labute approximate surface area is 157 Å². The van der Waals surface area contributed by atoms with E-state index < -0.39 is 0 Å². The van der Waals surface area contributed by atoms with Gasteiger partial charge in [0.25, 0.3) is 0 Å². The predicted molar refractivity (Wildman–Crippen MR) is 108 cm³/mol. The van der Waals surface area contributed by atoms with Crippen LogP contribution in [0.15, 0.2) is 54.6 Å². The standard InChI is InChI=1S/C22H21NO4/c1-23(2)16-10-7-14(20(13-16)27-3)9-12-18(24)17-11-8-15-5-4-6-19(25)21(15)22(17)26/h4-13,25-26H,1-3H3/b12-9+. The molecule has 0 aliphatic rings. The third-order valence-corrected chi connectivity index (χ3v) is 4.41. The summed E-state index contributed by atoms with van der Waals surface area (Å²) in [7, 11) is 5.45. The molecule has 0 saturated carbocycles. The fourth-order valence-corrected chi connectivity index (χ4v) is 2.91. The zero-order valence-electron chi connectivity index (χ0n) is 15.4. The van der Waals surface area contributed by atoms with Crippen molar-refractivity contribution in [1.29, 1.82) is 0 Å². The minimum atomic E-state index is -0.364. The largest absolute Gasteiger partial charge is 0.507 e. The topological polar surface area (TPSA) is 70.0 Å². The molecule has 2 N–H and O–H groups in total. The maximum absolute atomic E-state index is 12.6. The van der Waals surface area contributed by atoms with Gasteiger partial charge in [0.2, 0.25) is 0 Å². The Hall–Kier alpha value is -3.47. The number of phenols is 2. The van der Waals surface area contributed by atoms with Crippen molar-refractivity contribution < 1.29 is 19.7 Å². The van der Waals surface area contributed by atoms with Gasteiger partial charge in [0.1, 0.15) is 17.2 Å². The quantitative estimate of drug-likeness (QED) is 0.525. The first-order valence-electron chi connectivity index (χ1n) is 8.44. The molecule has 0 radical (unpaired) electrons. The van der Waals surface area contributed by atoms with Gasteiger partial charge in [0.05, 0.1) is 18.1 Å². The Morgan fingerprint density at radius 3 is 2.56 bits per heavy atom. The summed E-state index contributed by atoms with van der Waals surface area (Å²) in [5.41, 5.74) is 1.86. The molecule has 27 heavy (non-hydrogen) atoms. The zero-order valence-corrected chi connectivity index (χ0v) is 15.4. The number of fused-ring (bicyclic) bond motifs is 1. The smallest absolute Gasteiger partial charge is 0.189 e. The first-order valence-corrected chi connectivity index (χ1v) is 8.44. The van der Waals surface area contributed by atoms with Gasteiger partial charge >= 0.3 is 0 Å². The van der Waals surface area contributed by atoms with Crippen LogP contribution in [0, 0.1) is 0 Å². The van der Waals surface area contributed by atoms with Crippen molar-refractivity contribution in [3.63, 3.8) is 0 Å². The molecule has 3 aromatic carbocycles. The zero-order chi connectivity index (χ0) is 19.6. The van der Waals surface area contributed by atoms with Crippen LogP contribution < -0.4 is 9.64 Å². The van der Waals surface area contributed by atoms with Gasteiger partial charge in [-0.25, -0.2) is 0 Å². The van der Waals surface area contributed by atoms with Gasteiger partial charge in [-0.1, -0.05) is 18.2 Å². The summed E-state index contributed by atoms with van der Waals surface area (Å²) in [4.78, 5) is 14.6. The van der Waals surface area contributed by atoms with E-state index in [4.69, 9.17) is 4.74 Å². The fourth-order valence-electron chi connectivity index (χ4n) is 2.91. The molecule has 0 spiro atoms. The summed E-state index contributed by atoms with van der Waals surface area (Å²) in [5.74, 6) is -0.0123. The molecule has 3 rings (SSSR count). The first-order chi connectivity index (χ1) is 12.9. The van der Waals surface area contributed by atoms with Gasteiger partial charge in [0.15, 0.2) is 5.78 Å². The molecule has 0 unspecified atom stereocenters. The number of hydrogen-bond acceptors (Lipinski definition) is 5. The summed E-state index contributed by atoms with van der Waals surface area (Å²) in [5, 5.41) is 21.4. The van der Waals surface area contributed by atoms with E-state index in [1.165, 1.54) is 12.1 Å². The number of phenolic OH excluding ortho intramolecular Hbond substituents is 2. The van der Waals surface area contributed by atoms with E-state index in [2.05, 4.69) is 0 Å². The van der Waals surface area contributed by atoms with E-state index in [0.29, 0.717) is 11.1 Å². The Morgan fingerprint density at radius 1 is 1.07 bits per heavy atom. The van der Waals surface area contributed by atoms with Crippen LogP contribution in [0.3, 0.4) is 0 Å². The van der Waals surface area contributed by atoms with Crippen LogP contribution in [-0.2, 0) is 0 Å². The van der Waals surface area contributed by atoms with Crippen molar-refractivity contribution in [2.45, 2.75) is 0 Å². The normalized spacial score (nSPS) is 11.1. The van der Waals surface area contributed by atoms with Crippen LogP contribution >= 0.6 is 0 Å². The lowest BCUT2D eigenvalue weighted by Gasteiger charge is -2.14. The van der Waals surface area contributed by atoms with Gasteiger partial charge in [-0.3, -0.25) is 4.79 Å². The molecule has 0 amide bonds. The van der Waals surface area contributed by atoms with Crippen LogP contribution in [0.4, 0.5) is 5.69 Å². The van der Waals surface area contributed by atoms with Crippen molar-refractivity contribution in [1.82, 2.24) is 0 Å². The molecule has 0 aliphatic heterocycles. The predicted octanol–water partition coefficient (Wildman–Crippen LogP) is 4.22. The number of hydrogen-bond donors (Lipinski definition) is 2.